The number of carbonyl (C=O) groups is 2. The van der Waals surface area contributed by atoms with Crippen molar-refractivity contribution in [1.29, 1.82) is 0 Å². The normalized spacial score (nSPS) is 15.0. The Balaban J connectivity index is 1.38. The van der Waals surface area contributed by atoms with E-state index in [0.717, 1.165) is 23.4 Å². The summed E-state index contributed by atoms with van der Waals surface area (Å²) >= 11 is 0. The van der Waals surface area contributed by atoms with Gasteiger partial charge in [0.05, 0.1) is 17.2 Å². The van der Waals surface area contributed by atoms with Crippen LogP contribution in [0.2, 0.25) is 0 Å². The smallest absolute Gasteiger partial charge is 0.254 e. The van der Waals surface area contributed by atoms with E-state index < -0.39 is 17.5 Å². The largest absolute Gasteiger partial charge is 0.371 e. The third-order valence-corrected chi connectivity index (χ3v) is 6.14. The van der Waals surface area contributed by atoms with Gasteiger partial charge in [-0.1, -0.05) is 42.5 Å². The monoisotopic (exact) mass is 463 g/mol. The van der Waals surface area contributed by atoms with E-state index in [1.54, 1.807) is 0 Å². The van der Waals surface area contributed by atoms with E-state index >= 15 is 0 Å². The quantitative estimate of drug-likeness (QED) is 0.549. The molecule has 0 bridgehead atoms. The number of piperidine rings is 1. The molecule has 3 aromatic carbocycles. The summed E-state index contributed by atoms with van der Waals surface area (Å²) in [6.07, 6.45) is 1.29. The van der Waals surface area contributed by atoms with Gasteiger partial charge in [-0.15, -0.1) is 0 Å². The average molecular weight is 464 g/mol. The Kier molecular flexibility index (Phi) is 7.21. The number of carbonyl (C=O) groups excluding carboxylic acids is 2. The first-order chi connectivity index (χ1) is 16.4. The molecule has 0 aromatic heterocycles. The molecule has 5 nitrogen and oxygen atoms in total. The maximum atomic E-state index is 13.9. The van der Waals surface area contributed by atoms with E-state index in [9.17, 15) is 18.4 Å². The van der Waals surface area contributed by atoms with Gasteiger partial charge in [0.15, 0.2) is 0 Å². The average Bonchev–Trinajstić information content (AvgIpc) is 2.85. The third-order valence-electron chi connectivity index (χ3n) is 6.14. The molecule has 1 aliphatic rings. The summed E-state index contributed by atoms with van der Waals surface area (Å²) in [7, 11) is 0. The van der Waals surface area contributed by atoms with Crippen LogP contribution in [-0.4, -0.2) is 30.9 Å². The summed E-state index contributed by atoms with van der Waals surface area (Å²) in [4.78, 5) is 27.6. The van der Waals surface area contributed by atoms with Crippen LogP contribution in [0.25, 0.3) is 0 Å². The van der Waals surface area contributed by atoms with Crippen LogP contribution in [0.5, 0.6) is 0 Å². The number of rotatable bonds is 6. The minimum atomic E-state index is -0.875. The molecule has 1 heterocycles. The maximum absolute atomic E-state index is 13.9. The van der Waals surface area contributed by atoms with Gasteiger partial charge in [0.2, 0.25) is 0 Å². The number of nitrogens with zero attached hydrogens (tertiary/aromatic N) is 1. The Bertz CT molecular complexity index is 1160. The summed E-state index contributed by atoms with van der Waals surface area (Å²) in [5, 5.41) is 5.91. The lowest BCUT2D eigenvalue weighted by molar-refractivity contribution is 0.0924. The second kappa shape index (κ2) is 10.5. The van der Waals surface area contributed by atoms with E-state index in [1.807, 2.05) is 61.5 Å². The van der Waals surface area contributed by atoms with Crippen molar-refractivity contribution < 1.29 is 18.4 Å². The van der Waals surface area contributed by atoms with Crippen LogP contribution in [-0.2, 0) is 0 Å². The van der Waals surface area contributed by atoms with Gasteiger partial charge in [-0.25, -0.2) is 8.78 Å². The summed E-state index contributed by atoms with van der Waals surface area (Å²) in [5.74, 6) is -2.29. The van der Waals surface area contributed by atoms with E-state index in [4.69, 9.17) is 0 Å². The first-order valence-corrected chi connectivity index (χ1v) is 11.4. The fourth-order valence-corrected chi connectivity index (χ4v) is 4.24. The molecule has 1 fully saturated rings. The lowest BCUT2D eigenvalue weighted by atomic mass is 10.0. The first-order valence-electron chi connectivity index (χ1n) is 11.4. The minimum Gasteiger partial charge on any atom is -0.371 e. The lowest BCUT2D eigenvalue weighted by Gasteiger charge is -2.35. The van der Waals surface area contributed by atoms with Crippen molar-refractivity contribution in [2.45, 2.75) is 31.8 Å². The molecule has 0 saturated carbocycles. The van der Waals surface area contributed by atoms with E-state index in [2.05, 4.69) is 15.5 Å². The van der Waals surface area contributed by atoms with Crippen molar-refractivity contribution in [2.75, 3.05) is 18.0 Å². The molecule has 34 heavy (non-hydrogen) atoms. The number of hydrogen-bond acceptors (Lipinski definition) is 3. The predicted octanol–water partition coefficient (Wildman–Crippen LogP) is 4.85. The highest BCUT2D eigenvalue weighted by Gasteiger charge is 2.25. The standard InChI is InChI=1S/C27H27F2N3O2/c1-18(19-7-3-2-4-8-19)30-27(34)23-9-5-6-10-25(23)32-15-13-21(14-16-32)31-26(33)22-12-11-20(28)17-24(22)29/h2-12,17-18,21H,13-16H2,1H3,(H,30,34)(H,31,33). The molecule has 1 saturated heterocycles. The van der Waals surface area contributed by atoms with Crippen LogP contribution < -0.4 is 15.5 Å². The van der Waals surface area contributed by atoms with E-state index in [-0.39, 0.29) is 23.6 Å². The highest BCUT2D eigenvalue weighted by atomic mass is 19.1. The Labute approximate surface area is 197 Å². The summed E-state index contributed by atoms with van der Waals surface area (Å²) in [6.45, 7) is 3.22. The summed E-state index contributed by atoms with van der Waals surface area (Å²) in [5.41, 5.74) is 2.30. The van der Waals surface area contributed by atoms with Crippen LogP contribution in [0.1, 0.15) is 52.1 Å². The molecular formula is C27H27F2N3O2. The molecule has 2 N–H and O–H groups in total. The fourth-order valence-electron chi connectivity index (χ4n) is 4.24. The molecule has 1 atom stereocenters. The number of halogens is 2. The predicted molar refractivity (Wildman–Crippen MR) is 128 cm³/mol. The van der Waals surface area contributed by atoms with Gasteiger partial charge in [0.1, 0.15) is 11.6 Å². The Hall–Kier alpha value is -3.74. The van der Waals surface area contributed by atoms with Crippen LogP contribution in [0.3, 0.4) is 0 Å². The molecule has 3 aromatic rings. The summed E-state index contributed by atoms with van der Waals surface area (Å²) in [6, 6.07) is 19.9. The highest BCUT2D eigenvalue weighted by molar-refractivity contribution is 6.00. The summed E-state index contributed by atoms with van der Waals surface area (Å²) < 4.78 is 27.0. The zero-order valence-corrected chi connectivity index (χ0v) is 18.9. The number of amides is 2. The second-order valence-corrected chi connectivity index (χ2v) is 8.48. The van der Waals surface area contributed by atoms with Crippen molar-refractivity contribution in [3.8, 4) is 0 Å². The molecule has 2 amide bonds. The maximum Gasteiger partial charge on any atom is 0.254 e. The van der Waals surface area contributed by atoms with E-state index in [1.165, 1.54) is 0 Å². The number of benzene rings is 3. The van der Waals surface area contributed by atoms with Crippen molar-refractivity contribution >= 4 is 17.5 Å². The minimum absolute atomic E-state index is 0.130. The van der Waals surface area contributed by atoms with Crippen LogP contribution >= 0.6 is 0 Å². The van der Waals surface area contributed by atoms with Gasteiger partial charge < -0.3 is 15.5 Å². The van der Waals surface area contributed by atoms with Gasteiger partial charge in [0.25, 0.3) is 11.8 Å². The SMILES string of the molecule is CC(NC(=O)c1ccccc1N1CCC(NC(=O)c2ccc(F)cc2F)CC1)c1ccccc1. The zero-order valence-electron chi connectivity index (χ0n) is 18.9. The van der Waals surface area contributed by atoms with Crippen LogP contribution in [0.15, 0.2) is 72.8 Å². The molecule has 1 unspecified atom stereocenters. The van der Waals surface area contributed by atoms with Gasteiger partial charge >= 0.3 is 0 Å². The fraction of sp³-hybridized carbons (Fsp3) is 0.259. The topological polar surface area (TPSA) is 61.4 Å². The number of hydrogen-bond donors (Lipinski definition) is 2. The molecule has 176 valence electrons. The van der Waals surface area contributed by atoms with Gasteiger partial charge in [-0.05, 0) is 49.6 Å². The first kappa shape index (κ1) is 23.4. The van der Waals surface area contributed by atoms with Gasteiger partial charge in [-0.2, -0.15) is 0 Å². The van der Waals surface area contributed by atoms with Crippen molar-refractivity contribution in [3.63, 3.8) is 0 Å². The molecule has 0 spiro atoms. The number of nitrogens with one attached hydrogen (secondary N) is 2. The molecular weight excluding hydrogens is 436 g/mol. The Morgan fingerprint density at radius 3 is 2.26 bits per heavy atom. The highest BCUT2D eigenvalue weighted by Crippen LogP contribution is 2.25. The van der Waals surface area contributed by atoms with Crippen LogP contribution in [0, 0.1) is 11.6 Å². The van der Waals surface area contributed by atoms with E-state index in [0.29, 0.717) is 37.6 Å². The van der Waals surface area contributed by atoms with Gasteiger partial charge in [0, 0.05) is 30.9 Å². The number of para-hydroxylation sites is 1. The molecule has 0 radical (unpaired) electrons. The second-order valence-electron chi connectivity index (χ2n) is 8.48. The van der Waals surface area contributed by atoms with Crippen molar-refractivity contribution in [1.82, 2.24) is 10.6 Å². The van der Waals surface area contributed by atoms with Crippen molar-refractivity contribution in [3.05, 3.63) is 101 Å². The zero-order chi connectivity index (χ0) is 24.1. The van der Waals surface area contributed by atoms with Crippen LogP contribution in [0.4, 0.5) is 14.5 Å². The number of anilines is 1. The Morgan fingerprint density at radius 2 is 1.56 bits per heavy atom. The molecule has 7 heteroatoms. The lowest BCUT2D eigenvalue weighted by Crippen LogP contribution is -2.45. The third kappa shape index (κ3) is 5.42. The molecule has 0 aliphatic carbocycles. The van der Waals surface area contributed by atoms with Gasteiger partial charge in [-0.3, -0.25) is 9.59 Å². The van der Waals surface area contributed by atoms with Crippen molar-refractivity contribution in [2.24, 2.45) is 0 Å². The molecule has 4 rings (SSSR count). The molecule has 1 aliphatic heterocycles. The Morgan fingerprint density at radius 1 is 0.882 bits per heavy atom.